The molecule has 21 heavy (non-hydrogen) atoms. The van der Waals surface area contributed by atoms with Crippen LogP contribution >= 0.6 is 0 Å². The van der Waals surface area contributed by atoms with Gasteiger partial charge < -0.3 is 10.2 Å². The predicted octanol–water partition coefficient (Wildman–Crippen LogP) is 2.91. The average molecular weight is 288 g/mol. The van der Waals surface area contributed by atoms with Crippen LogP contribution in [-0.4, -0.2) is 19.1 Å². The second kappa shape index (κ2) is 6.18. The lowest BCUT2D eigenvalue weighted by Gasteiger charge is -2.18. The van der Waals surface area contributed by atoms with Gasteiger partial charge in [-0.1, -0.05) is 0 Å². The molecule has 6 heteroatoms. The maximum absolute atomic E-state index is 13.8. The van der Waals surface area contributed by atoms with E-state index in [2.05, 4.69) is 10.3 Å². The number of nitrogens with zero attached hydrogens (tertiary/aromatic N) is 3. The number of nitriles is 1. The minimum atomic E-state index is -0.741. The van der Waals surface area contributed by atoms with Crippen LogP contribution in [0.15, 0.2) is 30.6 Å². The topological polar surface area (TPSA) is 52.0 Å². The molecule has 0 spiro atoms. The minimum Gasteiger partial charge on any atom is -0.378 e. The summed E-state index contributed by atoms with van der Waals surface area (Å²) in [6.45, 7) is -0.0318. The molecule has 0 atom stereocenters. The Morgan fingerprint density at radius 2 is 1.95 bits per heavy atom. The fourth-order valence-electron chi connectivity index (χ4n) is 1.93. The van der Waals surface area contributed by atoms with Gasteiger partial charge in [0.2, 0.25) is 0 Å². The number of halogens is 2. The highest BCUT2D eigenvalue weighted by Gasteiger charge is 2.12. The van der Waals surface area contributed by atoms with Gasteiger partial charge in [-0.05, 0) is 18.2 Å². The third-order valence-electron chi connectivity index (χ3n) is 3.01. The van der Waals surface area contributed by atoms with E-state index in [0.717, 1.165) is 17.8 Å². The molecule has 0 fully saturated rings. The summed E-state index contributed by atoms with van der Waals surface area (Å²) in [6.07, 6.45) is 3.23. The van der Waals surface area contributed by atoms with E-state index in [1.807, 2.05) is 19.0 Å². The fourth-order valence-corrected chi connectivity index (χ4v) is 1.93. The van der Waals surface area contributed by atoms with Crippen LogP contribution in [-0.2, 0) is 6.54 Å². The van der Waals surface area contributed by atoms with E-state index >= 15 is 0 Å². The minimum absolute atomic E-state index is 0.0318. The van der Waals surface area contributed by atoms with Crippen LogP contribution in [0.5, 0.6) is 0 Å². The Balaban J connectivity index is 2.24. The Bertz CT molecular complexity index is 669. The summed E-state index contributed by atoms with van der Waals surface area (Å²) in [4.78, 5) is 5.86. The standard InChI is InChI=1S/C15H14F2N4/c1-21(2)15-3-4-19-9-14(15)20-8-11-12(16)5-10(7-18)6-13(11)17/h3-6,9,20H,8H2,1-2H3. The molecular formula is C15H14F2N4. The maximum Gasteiger partial charge on any atom is 0.132 e. The molecule has 1 N–H and O–H groups in total. The molecule has 1 heterocycles. The van der Waals surface area contributed by atoms with E-state index in [4.69, 9.17) is 5.26 Å². The second-order valence-electron chi connectivity index (χ2n) is 4.67. The summed E-state index contributed by atoms with van der Waals surface area (Å²) in [5.74, 6) is -1.48. The van der Waals surface area contributed by atoms with Crippen LogP contribution in [0.3, 0.4) is 0 Å². The highest BCUT2D eigenvalue weighted by Crippen LogP contribution is 2.24. The van der Waals surface area contributed by atoms with Crippen molar-refractivity contribution in [1.29, 1.82) is 5.26 Å². The quantitative estimate of drug-likeness (QED) is 0.940. The van der Waals surface area contributed by atoms with Gasteiger partial charge in [0.25, 0.3) is 0 Å². The van der Waals surface area contributed by atoms with Gasteiger partial charge in [0.1, 0.15) is 11.6 Å². The summed E-state index contributed by atoms with van der Waals surface area (Å²) in [6, 6.07) is 5.56. The van der Waals surface area contributed by atoms with Crippen LogP contribution in [0, 0.1) is 23.0 Å². The molecule has 0 bridgehead atoms. The first-order valence-electron chi connectivity index (χ1n) is 6.26. The Morgan fingerprint density at radius 1 is 1.29 bits per heavy atom. The Morgan fingerprint density at radius 3 is 2.52 bits per heavy atom. The zero-order valence-electron chi connectivity index (χ0n) is 11.7. The molecule has 1 aromatic heterocycles. The van der Waals surface area contributed by atoms with Crippen molar-refractivity contribution < 1.29 is 8.78 Å². The molecule has 1 aromatic carbocycles. The van der Waals surface area contributed by atoms with Crippen molar-refractivity contribution in [1.82, 2.24) is 4.98 Å². The van der Waals surface area contributed by atoms with Gasteiger partial charge in [0.15, 0.2) is 0 Å². The zero-order chi connectivity index (χ0) is 15.4. The van der Waals surface area contributed by atoms with Crippen LogP contribution in [0.1, 0.15) is 11.1 Å². The molecule has 0 unspecified atom stereocenters. The molecule has 0 aliphatic heterocycles. The molecule has 108 valence electrons. The van der Waals surface area contributed by atoms with E-state index < -0.39 is 11.6 Å². The number of aromatic nitrogens is 1. The van der Waals surface area contributed by atoms with Crippen molar-refractivity contribution in [2.24, 2.45) is 0 Å². The molecule has 0 saturated heterocycles. The third-order valence-corrected chi connectivity index (χ3v) is 3.01. The summed E-state index contributed by atoms with van der Waals surface area (Å²) in [5.41, 5.74) is 1.39. The van der Waals surface area contributed by atoms with Crippen molar-refractivity contribution in [3.63, 3.8) is 0 Å². The summed E-state index contributed by atoms with van der Waals surface area (Å²) < 4.78 is 27.6. The lowest BCUT2D eigenvalue weighted by molar-refractivity contribution is 0.559. The number of hydrogen-bond donors (Lipinski definition) is 1. The van der Waals surface area contributed by atoms with Crippen molar-refractivity contribution in [3.8, 4) is 6.07 Å². The lowest BCUT2D eigenvalue weighted by Crippen LogP contribution is -2.13. The van der Waals surface area contributed by atoms with Crippen LogP contribution < -0.4 is 10.2 Å². The largest absolute Gasteiger partial charge is 0.378 e. The van der Waals surface area contributed by atoms with Crippen molar-refractivity contribution in [2.45, 2.75) is 6.54 Å². The maximum atomic E-state index is 13.8. The monoisotopic (exact) mass is 288 g/mol. The fraction of sp³-hybridized carbons (Fsp3) is 0.200. The summed E-state index contributed by atoms with van der Waals surface area (Å²) in [7, 11) is 3.73. The van der Waals surface area contributed by atoms with E-state index in [1.54, 1.807) is 24.5 Å². The van der Waals surface area contributed by atoms with E-state index in [0.29, 0.717) is 5.69 Å². The van der Waals surface area contributed by atoms with E-state index in [9.17, 15) is 8.78 Å². The van der Waals surface area contributed by atoms with Gasteiger partial charge in [0.05, 0.1) is 29.2 Å². The van der Waals surface area contributed by atoms with Gasteiger partial charge >= 0.3 is 0 Å². The first kappa shape index (κ1) is 14.7. The molecule has 0 radical (unpaired) electrons. The van der Waals surface area contributed by atoms with Crippen molar-refractivity contribution in [3.05, 3.63) is 53.4 Å². The molecule has 0 aliphatic rings. The average Bonchev–Trinajstić information content (AvgIpc) is 2.46. The number of nitrogens with one attached hydrogen (secondary N) is 1. The second-order valence-corrected chi connectivity index (χ2v) is 4.67. The van der Waals surface area contributed by atoms with Crippen LogP contribution in [0.25, 0.3) is 0 Å². The first-order valence-corrected chi connectivity index (χ1v) is 6.26. The number of pyridine rings is 1. The number of rotatable bonds is 4. The number of hydrogen-bond acceptors (Lipinski definition) is 4. The first-order chi connectivity index (χ1) is 10.0. The zero-order valence-corrected chi connectivity index (χ0v) is 11.7. The summed E-state index contributed by atoms with van der Waals surface area (Å²) >= 11 is 0. The third kappa shape index (κ3) is 3.26. The highest BCUT2D eigenvalue weighted by atomic mass is 19.1. The molecule has 2 aromatic rings. The van der Waals surface area contributed by atoms with Crippen LogP contribution in [0.2, 0.25) is 0 Å². The van der Waals surface area contributed by atoms with E-state index in [1.165, 1.54) is 0 Å². The van der Waals surface area contributed by atoms with Gasteiger partial charge in [0, 0.05) is 32.4 Å². The smallest absolute Gasteiger partial charge is 0.132 e. The molecule has 0 saturated carbocycles. The van der Waals surface area contributed by atoms with E-state index in [-0.39, 0.29) is 17.7 Å². The molecule has 2 rings (SSSR count). The molecule has 0 amide bonds. The van der Waals surface area contributed by atoms with Gasteiger partial charge in [-0.25, -0.2) is 8.78 Å². The molecule has 0 aliphatic carbocycles. The SMILES string of the molecule is CN(C)c1ccncc1NCc1c(F)cc(C#N)cc1F. The Hall–Kier alpha value is -2.68. The molecule has 4 nitrogen and oxygen atoms in total. The number of anilines is 2. The Kier molecular flexibility index (Phi) is 4.33. The van der Waals surface area contributed by atoms with Gasteiger partial charge in [-0.2, -0.15) is 5.26 Å². The molecular weight excluding hydrogens is 274 g/mol. The number of benzene rings is 1. The highest BCUT2D eigenvalue weighted by molar-refractivity contribution is 5.68. The van der Waals surface area contributed by atoms with Gasteiger partial charge in [-0.15, -0.1) is 0 Å². The Labute approximate surface area is 121 Å². The van der Waals surface area contributed by atoms with Crippen LogP contribution in [0.4, 0.5) is 20.2 Å². The van der Waals surface area contributed by atoms with Gasteiger partial charge in [-0.3, -0.25) is 4.98 Å². The van der Waals surface area contributed by atoms with Crippen molar-refractivity contribution >= 4 is 11.4 Å². The predicted molar refractivity (Wildman–Crippen MR) is 77.0 cm³/mol. The summed E-state index contributed by atoms with van der Waals surface area (Å²) in [5, 5.41) is 11.6. The lowest BCUT2D eigenvalue weighted by atomic mass is 10.1. The van der Waals surface area contributed by atoms with Crippen molar-refractivity contribution in [2.75, 3.05) is 24.3 Å². The normalized spacial score (nSPS) is 10.0.